The van der Waals surface area contributed by atoms with Crippen molar-refractivity contribution in [2.45, 2.75) is 26.2 Å². The molecular formula is C16H23ClF2N2O. The van der Waals surface area contributed by atoms with E-state index in [2.05, 4.69) is 12.2 Å². The van der Waals surface area contributed by atoms with Crippen LogP contribution in [-0.2, 0) is 11.2 Å². The lowest BCUT2D eigenvalue weighted by Gasteiger charge is -2.32. The highest BCUT2D eigenvalue weighted by atomic mass is 35.5. The van der Waals surface area contributed by atoms with Gasteiger partial charge in [-0.3, -0.25) is 4.79 Å². The minimum absolute atomic E-state index is 0. The highest BCUT2D eigenvalue weighted by Gasteiger charge is 2.24. The van der Waals surface area contributed by atoms with Crippen LogP contribution in [0.15, 0.2) is 18.2 Å². The highest BCUT2D eigenvalue weighted by molar-refractivity contribution is 5.85. The standard InChI is InChI=1S/C16H22F2N2O.ClH/c1-2-19-11-12-6-8-20(9-7-12)16(21)10-13-14(17)4-3-5-15(13)18;/h3-5,12,19H,2,6-11H2,1H3;1H. The van der Waals surface area contributed by atoms with Gasteiger partial charge in [0.05, 0.1) is 6.42 Å². The summed E-state index contributed by atoms with van der Waals surface area (Å²) in [6.45, 7) is 5.34. The van der Waals surface area contributed by atoms with E-state index in [1.807, 2.05) is 0 Å². The first-order valence-corrected chi connectivity index (χ1v) is 7.53. The molecule has 0 radical (unpaired) electrons. The third-order valence-corrected chi connectivity index (χ3v) is 4.04. The van der Waals surface area contributed by atoms with E-state index in [9.17, 15) is 13.6 Å². The molecule has 1 amide bonds. The molecule has 1 aromatic carbocycles. The Morgan fingerprint density at radius 2 is 1.86 bits per heavy atom. The van der Waals surface area contributed by atoms with Gasteiger partial charge >= 0.3 is 0 Å². The average Bonchev–Trinajstić information content (AvgIpc) is 2.49. The number of rotatable bonds is 5. The van der Waals surface area contributed by atoms with Gasteiger partial charge in [0.2, 0.25) is 5.91 Å². The van der Waals surface area contributed by atoms with Crippen LogP contribution in [0.25, 0.3) is 0 Å². The number of piperidine rings is 1. The van der Waals surface area contributed by atoms with E-state index in [0.29, 0.717) is 19.0 Å². The molecule has 1 heterocycles. The zero-order valence-corrected chi connectivity index (χ0v) is 13.6. The Bertz CT molecular complexity index is 471. The SMILES string of the molecule is CCNCC1CCN(C(=O)Cc2c(F)cccc2F)CC1.Cl. The first-order valence-electron chi connectivity index (χ1n) is 7.53. The van der Waals surface area contributed by atoms with Gasteiger partial charge in [-0.15, -0.1) is 12.4 Å². The Labute approximate surface area is 136 Å². The van der Waals surface area contributed by atoms with Crippen molar-refractivity contribution in [2.75, 3.05) is 26.2 Å². The van der Waals surface area contributed by atoms with E-state index in [0.717, 1.165) is 25.9 Å². The third kappa shape index (κ3) is 4.92. The lowest BCUT2D eigenvalue weighted by molar-refractivity contribution is -0.131. The van der Waals surface area contributed by atoms with E-state index < -0.39 is 11.6 Å². The molecule has 1 aromatic rings. The maximum Gasteiger partial charge on any atom is 0.227 e. The summed E-state index contributed by atoms with van der Waals surface area (Å²) in [5.41, 5.74) is -0.128. The lowest BCUT2D eigenvalue weighted by Crippen LogP contribution is -2.41. The Morgan fingerprint density at radius 3 is 2.41 bits per heavy atom. The zero-order chi connectivity index (χ0) is 15.2. The fourth-order valence-electron chi connectivity index (χ4n) is 2.70. The highest BCUT2D eigenvalue weighted by Crippen LogP contribution is 2.19. The van der Waals surface area contributed by atoms with E-state index in [4.69, 9.17) is 0 Å². The van der Waals surface area contributed by atoms with Crippen LogP contribution in [0.3, 0.4) is 0 Å². The molecule has 0 atom stereocenters. The van der Waals surface area contributed by atoms with Gasteiger partial charge in [0.1, 0.15) is 11.6 Å². The molecule has 1 aliphatic heterocycles. The van der Waals surface area contributed by atoms with Crippen molar-refractivity contribution in [2.24, 2.45) is 5.92 Å². The molecule has 124 valence electrons. The number of halogens is 3. The topological polar surface area (TPSA) is 32.3 Å². The van der Waals surface area contributed by atoms with Gasteiger partial charge in [-0.2, -0.15) is 0 Å². The number of amides is 1. The minimum atomic E-state index is -0.648. The summed E-state index contributed by atoms with van der Waals surface area (Å²) in [6.07, 6.45) is 1.69. The molecule has 1 saturated heterocycles. The van der Waals surface area contributed by atoms with Crippen LogP contribution in [0.2, 0.25) is 0 Å². The number of hydrogen-bond acceptors (Lipinski definition) is 2. The number of nitrogens with zero attached hydrogens (tertiary/aromatic N) is 1. The van der Waals surface area contributed by atoms with Crippen molar-refractivity contribution >= 4 is 18.3 Å². The summed E-state index contributed by atoms with van der Waals surface area (Å²) >= 11 is 0. The molecule has 0 spiro atoms. The number of benzene rings is 1. The number of carbonyl (C=O) groups is 1. The largest absolute Gasteiger partial charge is 0.342 e. The predicted molar refractivity (Wildman–Crippen MR) is 85.2 cm³/mol. The minimum Gasteiger partial charge on any atom is -0.342 e. The van der Waals surface area contributed by atoms with Gasteiger partial charge in [-0.05, 0) is 44.0 Å². The van der Waals surface area contributed by atoms with Gasteiger partial charge in [0.25, 0.3) is 0 Å². The normalized spacial score (nSPS) is 15.5. The zero-order valence-electron chi connectivity index (χ0n) is 12.8. The molecular weight excluding hydrogens is 310 g/mol. The van der Waals surface area contributed by atoms with Crippen LogP contribution >= 0.6 is 12.4 Å². The summed E-state index contributed by atoms with van der Waals surface area (Å²) in [7, 11) is 0. The fourth-order valence-corrected chi connectivity index (χ4v) is 2.70. The summed E-state index contributed by atoms with van der Waals surface area (Å²) in [4.78, 5) is 13.9. The summed E-state index contributed by atoms with van der Waals surface area (Å²) in [5.74, 6) is -0.907. The quantitative estimate of drug-likeness (QED) is 0.899. The molecule has 1 N–H and O–H groups in total. The first-order chi connectivity index (χ1) is 10.1. The van der Waals surface area contributed by atoms with Crippen LogP contribution < -0.4 is 5.32 Å². The molecule has 0 bridgehead atoms. The van der Waals surface area contributed by atoms with E-state index in [-0.39, 0.29) is 30.3 Å². The Hall–Kier alpha value is -1.20. The second-order valence-electron chi connectivity index (χ2n) is 5.51. The van der Waals surface area contributed by atoms with E-state index in [1.165, 1.54) is 18.2 Å². The van der Waals surface area contributed by atoms with Crippen molar-refractivity contribution < 1.29 is 13.6 Å². The first kappa shape index (κ1) is 18.8. The molecule has 0 aliphatic carbocycles. The van der Waals surface area contributed by atoms with E-state index in [1.54, 1.807) is 4.90 Å². The Morgan fingerprint density at radius 1 is 1.27 bits per heavy atom. The molecule has 1 aliphatic rings. The maximum atomic E-state index is 13.6. The predicted octanol–water partition coefficient (Wildman–Crippen LogP) is 2.78. The molecule has 0 aromatic heterocycles. The maximum absolute atomic E-state index is 13.6. The molecule has 0 unspecified atom stereocenters. The summed E-state index contributed by atoms with van der Waals surface area (Å²) in [5, 5.41) is 3.31. The summed E-state index contributed by atoms with van der Waals surface area (Å²) in [6, 6.07) is 3.69. The van der Waals surface area contributed by atoms with Gasteiger partial charge in [0.15, 0.2) is 0 Å². The molecule has 6 heteroatoms. The smallest absolute Gasteiger partial charge is 0.227 e. The fraction of sp³-hybridized carbons (Fsp3) is 0.562. The van der Waals surface area contributed by atoms with Gasteiger partial charge in [-0.1, -0.05) is 13.0 Å². The van der Waals surface area contributed by atoms with Crippen LogP contribution in [0.4, 0.5) is 8.78 Å². The van der Waals surface area contributed by atoms with Crippen LogP contribution in [-0.4, -0.2) is 37.0 Å². The molecule has 22 heavy (non-hydrogen) atoms. The van der Waals surface area contributed by atoms with Crippen molar-refractivity contribution in [3.8, 4) is 0 Å². The van der Waals surface area contributed by atoms with Gasteiger partial charge in [-0.25, -0.2) is 8.78 Å². The van der Waals surface area contributed by atoms with Crippen LogP contribution in [0.1, 0.15) is 25.3 Å². The van der Waals surface area contributed by atoms with Crippen molar-refractivity contribution in [1.82, 2.24) is 10.2 Å². The van der Waals surface area contributed by atoms with Crippen molar-refractivity contribution in [1.29, 1.82) is 0 Å². The van der Waals surface area contributed by atoms with Crippen LogP contribution in [0, 0.1) is 17.6 Å². The van der Waals surface area contributed by atoms with Gasteiger partial charge < -0.3 is 10.2 Å². The Kier molecular flexibility index (Phi) is 7.76. The van der Waals surface area contributed by atoms with Crippen molar-refractivity contribution in [3.05, 3.63) is 35.4 Å². The van der Waals surface area contributed by atoms with E-state index >= 15 is 0 Å². The average molecular weight is 333 g/mol. The number of likely N-dealkylation sites (tertiary alicyclic amines) is 1. The third-order valence-electron chi connectivity index (χ3n) is 4.04. The summed E-state index contributed by atoms with van der Waals surface area (Å²) < 4.78 is 27.1. The number of hydrogen-bond donors (Lipinski definition) is 1. The monoisotopic (exact) mass is 332 g/mol. The Balaban J connectivity index is 0.00000242. The molecule has 2 rings (SSSR count). The van der Waals surface area contributed by atoms with Crippen molar-refractivity contribution in [3.63, 3.8) is 0 Å². The van der Waals surface area contributed by atoms with Gasteiger partial charge in [0, 0.05) is 18.7 Å². The molecule has 0 saturated carbocycles. The molecule has 3 nitrogen and oxygen atoms in total. The number of nitrogens with one attached hydrogen (secondary N) is 1. The second-order valence-corrected chi connectivity index (χ2v) is 5.51. The lowest BCUT2D eigenvalue weighted by atomic mass is 9.96. The molecule has 1 fully saturated rings. The number of carbonyl (C=O) groups excluding carboxylic acids is 1. The second kappa shape index (κ2) is 9.06. The van der Waals surface area contributed by atoms with Crippen LogP contribution in [0.5, 0.6) is 0 Å².